The number of amides is 1. The van der Waals surface area contributed by atoms with Crippen LogP contribution in [0.15, 0.2) is 64.5 Å². The van der Waals surface area contributed by atoms with E-state index >= 15 is 0 Å². The summed E-state index contributed by atoms with van der Waals surface area (Å²) in [5.41, 5.74) is 3.79. The highest BCUT2D eigenvalue weighted by atomic mass is 16.5. The van der Waals surface area contributed by atoms with Gasteiger partial charge >= 0.3 is 0 Å². The molecule has 1 aromatic heterocycles. The Bertz CT molecular complexity index is 1040. The van der Waals surface area contributed by atoms with Crippen LogP contribution < -0.4 is 20.5 Å². The second kappa shape index (κ2) is 8.72. The predicted octanol–water partition coefficient (Wildman–Crippen LogP) is 2.01. The van der Waals surface area contributed by atoms with Crippen LogP contribution >= 0.6 is 0 Å². The first kappa shape index (κ1) is 19.0. The zero-order valence-corrected chi connectivity index (χ0v) is 15.5. The van der Waals surface area contributed by atoms with Gasteiger partial charge in [0.1, 0.15) is 0 Å². The normalized spacial score (nSPS) is 10.8. The van der Waals surface area contributed by atoms with Crippen molar-refractivity contribution >= 4 is 12.1 Å². The van der Waals surface area contributed by atoms with Crippen molar-refractivity contribution in [1.82, 2.24) is 15.2 Å². The molecule has 28 heavy (non-hydrogen) atoms. The van der Waals surface area contributed by atoms with Crippen molar-refractivity contribution in [2.45, 2.75) is 6.92 Å². The molecule has 0 saturated heterocycles. The summed E-state index contributed by atoms with van der Waals surface area (Å²) < 4.78 is 12.0. The van der Waals surface area contributed by atoms with E-state index in [0.717, 1.165) is 0 Å². The number of hydrazone groups is 1. The third kappa shape index (κ3) is 4.29. The maximum Gasteiger partial charge on any atom is 0.280 e. The number of hydrogen-bond donors (Lipinski definition) is 2. The molecule has 1 amide bonds. The SMILES string of the molecule is COc1ccccc1OCC(=O)N/N=C/c1c(C)[nH]n(-c2ccccc2)c1=O. The van der Waals surface area contributed by atoms with Crippen LogP contribution in [0.2, 0.25) is 0 Å². The lowest BCUT2D eigenvalue weighted by molar-refractivity contribution is -0.123. The number of nitrogens with zero attached hydrogens (tertiary/aromatic N) is 2. The van der Waals surface area contributed by atoms with E-state index in [1.54, 1.807) is 31.2 Å². The molecule has 8 nitrogen and oxygen atoms in total. The Kier molecular flexibility index (Phi) is 5.91. The van der Waals surface area contributed by atoms with E-state index in [1.807, 2.05) is 30.3 Å². The molecule has 3 aromatic rings. The summed E-state index contributed by atoms with van der Waals surface area (Å²) in [5, 5.41) is 6.84. The average Bonchev–Trinajstić information content (AvgIpc) is 3.01. The van der Waals surface area contributed by atoms with Crippen molar-refractivity contribution in [3.63, 3.8) is 0 Å². The first-order chi connectivity index (χ1) is 13.6. The highest BCUT2D eigenvalue weighted by Crippen LogP contribution is 2.25. The molecule has 0 bridgehead atoms. The average molecular weight is 380 g/mol. The topological polar surface area (TPSA) is 97.7 Å². The zero-order valence-electron chi connectivity index (χ0n) is 15.5. The standard InChI is InChI=1S/C20H20N4O4/c1-14-16(20(26)24(23-14)15-8-4-3-5-9-15)12-21-22-19(25)13-28-18-11-7-6-10-17(18)27-2/h3-12,23H,13H2,1-2H3,(H,22,25)/b21-12+. The van der Waals surface area contributed by atoms with Gasteiger partial charge in [-0.25, -0.2) is 10.1 Å². The number of carbonyl (C=O) groups is 1. The Morgan fingerprint density at radius 2 is 1.82 bits per heavy atom. The smallest absolute Gasteiger partial charge is 0.280 e. The molecule has 0 saturated carbocycles. The molecule has 0 aliphatic carbocycles. The van der Waals surface area contributed by atoms with Gasteiger partial charge in [0.05, 0.1) is 24.6 Å². The van der Waals surface area contributed by atoms with Gasteiger partial charge in [0.25, 0.3) is 11.5 Å². The molecule has 0 atom stereocenters. The third-order valence-electron chi connectivity index (χ3n) is 3.94. The largest absolute Gasteiger partial charge is 0.493 e. The van der Waals surface area contributed by atoms with Gasteiger partial charge in [-0.1, -0.05) is 30.3 Å². The maximum absolute atomic E-state index is 12.5. The monoisotopic (exact) mass is 380 g/mol. The molecule has 0 aliphatic rings. The molecule has 0 radical (unpaired) electrons. The van der Waals surface area contributed by atoms with Gasteiger partial charge in [-0.2, -0.15) is 5.10 Å². The number of methoxy groups -OCH3 is 1. The molecule has 1 heterocycles. The summed E-state index contributed by atoms with van der Waals surface area (Å²) in [4.78, 5) is 24.5. The van der Waals surface area contributed by atoms with E-state index < -0.39 is 5.91 Å². The zero-order chi connectivity index (χ0) is 19.9. The van der Waals surface area contributed by atoms with E-state index in [9.17, 15) is 9.59 Å². The molecule has 0 unspecified atom stereocenters. The summed E-state index contributed by atoms with van der Waals surface area (Å²) in [6, 6.07) is 16.2. The van der Waals surface area contributed by atoms with E-state index in [1.165, 1.54) is 18.0 Å². The van der Waals surface area contributed by atoms with Crippen molar-refractivity contribution in [2.75, 3.05) is 13.7 Å². The Labute approximate surface area is 161 Å². The van der Waals surface area contributed by atoms with Crippen molar-refractivity contribution in [2.24, 2.45) is 5.10 Å². The van der Waals surface area contributed by atoms with E-state index in [-0.39, 0.29) is 12.2 Å². The lowest BCUT2D eigenvalue weighted by Gasteiger charge is -2.09. The maximum atomic E-state index is 12.5. The molecule has 144 valence electrons. The second-order valence-electron chi connectivity index (χ2n) is 5.86. The molecule has 2 N–H and O–H groups in total. The van der Waals surface area contributed by atoms with Gasteiger partial charge in [-0.05, 0) is 31.2 Å². The molecular formula is C20H20N4O4. The van der Waals surface area contributed by atoms with Crippen molar-refractivity contribution in [1.29, 1.82) is 0 Å². The Morgan fingerprint density at radius 3 is 2.54 bits per heavy atom. The van der Waals surface area contributed by atoms with E-state index in [4.69, 9.17) is 9.47 Å². The summed E-state index contributed by atoms with van der Waals surface area (Å²) in [5.74, 6) is 0.526. The molecule has 0 fully saturated rings. The number of aromatic nitrogens is 2. The van der Waals surface area contributed by atoms with Crippen molar-refractivity contribution in [3.8, 4) is 17.2 Å². The fraction of sp³-hybridized carbons (Fsp3) is 0.150. The van der Waals surface area contributed by atoms with Crippen LogP contribution in [0.1, 0.15) is 11.3 Å². The number of para-hydroxylation sites is 3. The minimum absolute atomic E-state index is 0.238. The number of hydrogen-bond acceptors (Lipinski definition) is 5. The van der Waals surface area contributed by atoms with Crippen molar-refractivity contribution in [3.05, 3.63) is 76.2 Å². The Hall–Kier alpha value is -3.81. The number of nitrogens with one attached hydrogen (secondary N) is 2. The lowest BCUT2D eigenvalue weighted by Crippen LogP contribution is -2.25. The van der Waals surface area contributed by atoms with Crippen LogP contribution in [0.3, 0.4) is 0 Å². The number of rotatable bonds is 7. The second-order valence-corrected chi connectivity index (χ2v) is 5.86. The summed E-state index contributed by atoms with van der Waals surface area (Å²) >= 11 is 0. The van der Waals surface area contributed by atoms with Crippen LogP contribution in [0.25, 0.3) is 5.69 Å². The molecular weight excluding hydrogens is 360 g/mol. The number of carbonyl (C=O) groups excluding carboxylic acids is 1. The molecule has 8 heteroatoms. The van der Waals surface area contributed by atoms with Crippen LogP contribution in [-0.2, 0) is 4.79 Å². The minimum atomic E-state index is -0.460. The number of aryl methyl sites for hydroxylation is 1. The Balaban J connectivity index is 1.62. The van der Waals surface area contributed by atoms with Crippen molar-refractivity contribution < 1.29 is 14.3 Å². The predicted molar refractivity (Wildman–Crippen MR) is 105 cm³/mol. The highest BCUT2D eigenvalue weighted by molar-refractivity contribution is 5.83. The van der Waals surface area contributed by atoms with Crippen LogP contribution in [0.4, 0.5) is 0 Å². The minimum Gasteiger partial charge on any atom is -0.493 e. The first-order valence-corrected chi connectivity index (χ1v) is 8.55. The molecule has 0 spiro atoms. The number of aromatic amines is 1. The number of benzene rings is 2. The summed E-state index contributed by atoms with van der Waals surface area (Å²) in [6.07, 6.45) is 1.31. The van der Waals surface area contributed by atoms with Crippen LogP contribution in [0.5, 0.6) is 11.5 Å². The highest BCUT2D eigenvalue weighted by Gasteiger charge is 2.11. The lowest BCUT2D eigenvalue weighted by atomic mass is 10.3. The summed E-state index contributed by atoms with van der Waals surface area (Å²) in [6.45, 7) is 1.52. The van der Waals surface area contributed by atoms with E-state index in [0.29, 0.717) is 28.4 Å². The van der Waals surface area contributed by atoms with E-state index in [2.05, 4.69) is 15.6 Å². The van der Waals surface area contributed by atoms with Crippen LogP contribution in [0, 0.1) is 6.92 Å². The van der Waals surface area contributed by atoms with Gasteiger partial charge in [0.2, 0.25) is 0 Å². The van der Waals surface area contributed by atoms with Gasteiger partial charge in [-0.3, -0.25) is 14.7 Å². The quantitative estimate of drug-likeness (QED) is 0.484. The summed E-state index contributed by atoms with van der Waals surface area (Å²) in [7, 11) is 1.52. The molecule has 0 aliphatic heterocycles. The van der Waals surface area contributed by atoms with Gasteiger partial charge in [0.15, 0.2) is 18.1 Å². The molecule has 3 rings (SSSR count). The molecule has 2 aromatic carbocycles. The van der Waals surface area contributed by atoms with Gasteiger partial charge in [0, 0.05) is 5.69 Å². The van der Waals surface area contributed by atoms with Gasteiger partial charge < -0.3 is 9.47 Å². The van der Waals surface area contributed by atoms with Gasteiger partial charge in [-0.15, -0.1) is 0 Å². The first-order valence-electron chi connectivity index (χ1n) is 8.55. The number of ether oxygens (including phenoxy) is 2. The fourth-order valence-corrected chi connectivity index (χ4v) is 2.55. The number of H-pyrrole nitrogens is 1. The Morgan fingerprint density at radius 1 is 1.14 bits per heavy atom. The third-order valence-corrected chi connectivity index (χ3v) is 3.94. The fourth-order valence-electron chi connectivity index (χ4n) is 2.55. The van der Waals surface area contributed by atoms with Crippen LogP contribution in [-0.4, -0.2) is 35.6 Å².